The molecule has 0 spiro atoms. The minimum atomic E-state index is 0.753. The van der Waals surface area contributed by atoms with E-state index in [-0.39, 0.29) is 0 Å². The molecular formula is C18H15N5S. The fourth-order valence-corrected chi connectivity index (χ4v) is 3.04. The molecule has 0 aliphatic carbocycles. The maximum atomic E-state index is 4.56. The summed E-state index contributed by atoms with van der Waals surface area (Å²) in [6.07, 6.45) is 0. The van der Waals surface area contributed by atoms with Gasteiger partial charge in [0.15, 0.2) is 5.82 Å². The lowest BCUT2D eigenvalue weighted by Crippen LogP contribution is -2.01. The fraction of sp³-hybridized carbons (Fsp3) is 0.0556. The van der Waals surface area contributed by atoms with Crippen molar-refractivity contribution < 1.29 is 0 Å². The van der Waals surface area contributed by atoms with Crippen LogP contribution in [0.3, 0.4) is 0 Å². The van der Waals surface area contributed by atoms with Gasteiger partial charge in [-0.2, -0.15) is 5.10 Å². The number of hydrogen-bond donors (Lipinski definition) is 2. The number of nitrogens with zero attached hydrogens (tertiary/aromatic N) is 3. The zero-order valence-corrected chi connectivity index (χ0v) is 13.8. The van der Waals surface area contributed by atoms with Crippen LogP contribution in [0.2, 0.25) is 0 Å². The van der Waals surface area contributed by atoms with E-state index >= 15 is 0 Å². The number of aromatic nitrogens is 3. The Balaban J connectivity index is 1.53. The van der Waals surface area contributed by atoms with Gasteiger partial charge in [0.2, 0.25) is 5.13 Å². The molecule has 6 heteroatoms. The van der Waals surface area contributed by atoms with Crippen LogP contribution < -0.4 is 5.43 Å². The molecule has 0 amide bonds. The van der Waals surface area contributed by atoms with E-state index in [2.05, 4.69) is 25.5 Å². The van der Waals surface area contributed by atoms with Crippen LogP contribution in [0.1, 0.15) is 12.7 Å². The Kier molecular flexibility index (Phi) is 3.80. The van der Waals surface area contributed by atoms with Crippen LogP contribution in [0.4, 0.5) is 5.13 Å². The maximum absolute atomic E-state index is 4.56. The summed E-state index contributed by atoms with van der Waals surface area (Å²) in [5, 5.41) is 7.16. The monoisotopic (exact) mass is 333 g/mol. The highest BCUT2D eigenvalue weighted by molar-refractivity contribution is 7.14. The van der Waals surface area contributed by atoms with Crippen LogP contribution in [-0.2, 0) is 0 Å². The second kappa shape index (κ2) is 6.25. The van der Waals surface area contributed by atoms with E-state index in [1.54, 1.807) is 0 Å². The zero-order chi connectivity index (χ0) is 16.4. The van der Waals surface area contributed by atoms with Crippen LogP contribution in [-0.4, -0.2) is 20.7 Å². The number of fused-ring (bicyclic) bond motifs is 1. The summed E-state index contributed by atoms with van der Waals surface area (Å²) in [5.41, 5.74) is 7.77. The number of imidazole rings is 1. The summed E-state index contributed by atoms with van der Waals surface area (Å²) < 4.78 is 0. The van der Waals surface area contributed by atoms with Gasteiger partial charge in [-0.1, -0.05) is 42.5 Å². The summed E-state index contributed by atoms with van der Waals surface area (Å²) in [6, 6.07) is 18.0. The first-order chi connectivity index (χ1) is 11.8. The van der Waals surface area contributed by atoms with Crippen molar-refractivity contribution in [1.82, 2.24) is 15.0 Å². The first-order valence-electron chi connectivity index (χ1n) is 7.56. The van der Waals surface area contributed by atoms with Crippen LogP contribution in [0.15, 0.2) is 65.1 Å². The number of aromatic amines is 1. The van der Waals surface area contributed by atoms with Gasteiger partial charge in [-0.3, -0.25) is 5.43 Å². The van der Waals surface area contributed by atoms with Gasteiger partial charge in [-0.05, 0) is 19.1 Å². The Morgan fingerprint density at radius 1 is 1.04 bits per heavy atom. The lowest BCUT2D eigenvalue weighted by atomic mass is 10.2. The zero-order valence-electron chi connectivity index (χ0n) is 13.0. The Morgan fingerprint density at radius 2 is 1.83 bits per heavy atom. The number of hydrazone groups is 1. The minimum absolute atomic E-state index is 0.753. The largest absolute Gasteiger partial charge is 0.337 e. The molecule has 2 N–H and O–H groups in total. The average Bonchev–Trinajstić information content (AvgIpc) is 3.27. The van der Waals surface area contributed by atoms with Crippen molar-refractivity contribution in [2.24, 2.45) is 5.10 Å². The van der Waals surface area contributed by atoms with Crippen molar-refractivity contribution >= 4 is 33.2 Å². The van der Waals surface area contributed by atoms with E-state index in [1.165, 1.54) is 11.3 Å². The summed E-state index contributed by atoms with van der Waals surface area (Å²) in [4.78, 5) is 12.4. The molecule has 4 rings (SSSR count). The number of hydrogen-bond acceptors (Lipinski definition) is 5. The third-order valence-electron chi connectivity index (χ3n) is 3.63. The van der Waals surface area contributed by atoms with Crippen molar-refractivity contribution in [3.8, 4) is 11.3 Å². The molecule has 24 heavy (non-hydrogen) atoms. The van der Waals surface area contributed by atoms with Crippen molar-refractivity contribution in [3.05, 3.63) is 65.8 Å². The number of para-hydroxylation sites is 2. The maximum Gasteiger partial charge on any atom is 0.203 e. The highest BCUT2D eigenvalue weighted by atomic mass is 32.1. The molecule has 0 aliphatic rings. The number of anilines is 1. The van der Waals surface area contributed by atoms with E-state index in [9.17, 15) is 0 Å². The van der Waals surface area contributed by atoms with Crippen LogP contribution in [0.25, 0.3) is 22.3 Å². The van der Waals surface area contributed by atoms with Crippen LogP contribution >= 0.6 is 11.3 Å². The second-order valence-corrected chi connectivity index (χ2v) is 6.17. The molecule has 2 aromatic carbocycles. The van der Waals surface area contributed by atoms with Crippen LogP contribution in [0, 0.1) is 0 Å². The Hall–Kier alpha value is -2.99. The summed E-state index contributed by atoms with van der Waals surface area (Å²) in [6.45, 7) is 1.91. The molecule has 2 heterocycles. The van der Waals surface area contributed by atoms with Gasteiger partial charge >= 0.3 is 0 Å². The normalized spacial score (nSPS) is 11.8. The first-order valence-corrected chi connectivity index (χ1v) is 8.44. The molecule has 0 aliphatic heterocycles. The standard InChI is InChI=1S/C18H15N5S/c1-12(17-19-14-9-5-6-10-15(14)20-17)22-23-18-21-16(11-24-18)13-7-3-2-4-8-13/h2-11H,1H3,(H,19,20)(H,21,23)/b22-12+. The molecule has 0 radical (unpaired) electrons. The Bertz CT molecular complexity index is 967. The molecule has 0 fully saturated rings. The van der Waals surface area contributed by atoms with Gasteiger partial charge in [0, 0.05) is 10.9 Å². The fourth-order valence-electron chi connectivity index (χ4n) is 2.38. The molecule has 118 valence electrons. The molecule has 0 unspecified atom stereocenters. The number of nitrogens with one attached hydrogen (secondary N) is 2. The van der Waals surface area contributed by atoms with Crippen molar-refractivity contribution in [2.45, 2.75) is 6.92 Å². The lowest BCUT2D eigenvalue weighted by Gasteiger charge is -1.97. The van der Waals surface area contributed by atoms with Crippen molar-refractivity contribution in [2.75, 3.05) is 5.43 Å². The summed E-state index contributed by atoms with van der Waals surface area (Å²) in [7, 11) is 0. The highest BCUT2D eigenvalue weighted by Crippen LogP contribution is 2.24. The smallest absolute Gasteiger partial charge is 0.203 e. The summed E-state index contributed by atoms with van der Waals surface area (Å²) >= 11 is 1.53. The Labute approximate surface area is 143 Å². The van der Waals surface area contributed by atoms with Crippen LogP contribution in [0.5, 0.6) is 0 Å². The van der Waals surface area contributed by atoms with Crippen molar-refractivity contribution in [3.63, 3.8) is 0 Å². The number of H-pyrrole nitrogens is 1. The highest BCUT2D eigenvalue weighted by Gasteiger charge is 2.06. The minimum Gasteiger partial charge on any atom is -0.337 e. The predicted octanol–water partition coefficient (Wildman–Crippen LogP) is 4.52. The molecular weight excluding hydrogens is 318 g/mol. The van der Waals surface area contributed by atoms with Gasteiger partial charge in [0.25, 0.3) is 0 Å². The van der Waals surface area contributed by atoms with E-state index < -0.39 is 0 Å². The third kappa shape index (κ3) is 2.91. The second-order valence-electron chi connectivity index (χ2n) is 5.32. The number of benzene rings is 2. The average molecular weight is 333 g/mol. The quantitative estimate of drug-likeness (QED) is 0.426. The molecule has 4 aromatic rings. The van der Waals surface area contributed by atoms with Crippen molar-refractivity contribution in [1.29, 1.82) is 0 Å². The molecule has 0 atom stereocenters. The van der Waals surface area contributed by atoms with E-state index in [0.29, 0.717) is 0 Å². The van der Waals surface area contributed by atoms with Gasteiger partial charge < -0.3 is 4.98 Å². The molecule has 0 saturated heterocycles. The van der Waals surface area contributed by atoms with Gasteiger partial charge in [-0.25, -0.2) is 9.97 Å². The molecule has 5 nitrogen and oxygen atoms in total. The lowest BCUT2D eigenvalue weighted by molar-refractivity contribution is 1.22. The topological polar surface area (TPSA) is 66.0 Å². The summed E-state index contributed by atoms with van der Waals surface area (Å²) in [5.74, 6) is 0.753. The van der Waals surface area contributed by atoms with Gasteiger partial charge in [-0.15, -0.1) is 11.3 Å². The molecule has 2 aromatic heterocycles. The third-order valence-corrected chi connectivity index (χ3v) is 4.37. The van der Waals surface area contributed by atoms with E-state index in [0.717, 1.165) is 39.0 Å². The van der Waals surface area contributed by atoms with E-state index in [4.69, 9.17) is 0 Å². The molecule has 0 saturated carbocycles. The van der Waals surface area contributed by atoms with E-state index in [1.807, 2.05) is 66.9 Å². The van der Waals surface area contributed by atoms with Gasteiger partial charge in [0.05, 0.1) is 16.7 Å². The van der Waals surface area contributed by atoms with Gasteiger partial charge in [0.1, 0.15) is 5.71 Å². The number of thiazole rings is 1. The molecule has 0 bridgehead atoms. The number of rotatable bonds is 4. The predicted molar refractivity (Wildman–Crippen MR) is 99.5 cm³/mol. The SMILES string of the molecule is C/C(=N\Nc1nc(-c2ccccc2)cs1)c1nc2ccccc2[nH]1. The first kappa shape index (κ1) is 14.6. The Morgan fingerprint density at radius 3 is 2.67 bits per heavy atom.